The van der Waals surface area contributed by atoms with Crippen LogP contribution in [0.4, 0.5) is 4.39 Å². The van der Waals surface area contributed by atoms with Gasteiger partial charge in [-0.3, -0.25) is 4.79 Å². The van der Waals surface area contributed by atoms with Gasteiger partial charge in [0.15, 0.2) is 0 Å². The summed E-state index contributed by atoms with van der Waals surface area (Å²) < 4.78 is 20.7. The van der Waals surface area contributed by atoms with E-state index in [2.05, 4.69) is 10.9 Å². The van der Waals surface area contributed by atoms with Crippen LogP contribution in [-0.2, 0) is 12.0 Å². The number of nitrogens with two attached hydrogens (primary N) is 1. The minimum atomic E-state index is -0.904. The molecule has 6 nitrogen and oxygen atoms in total. The molecule has 0 spiro atoms. The zero-order valence-electron chi connectivity index (χ0n) is 21.8. The number of carbonyl (C=O) groups is 1. The highest BCUT2D eigenvalue weighted by Crippen LogP contribution is 2.34. The van der Waals surface area contributed by atoms with Gasteiger partial charge < -0.3 is 15.1 Å². The third kappa shape index (κ3) is 5.35. The zero-order chi connectivity index (χ0) is 28.4. The largest absolute Gasteiger partial charge is 0.439 e. The Morgan fingerprint density at radius 1 is 1.25 bits per heavy atom. The van der Waals surface area contributed by atoms with E-state index < -0.39 is 11.4 Å². The van der Waals surface area contributed by atoms with Gasteiger partial charge in [-0.05, 0) is 73.7 Å². The number of nitriles is 1. The standard InChI is InChI=1S/C32H26ClFN4O2/c1-3-25-9-6-12-38(25)31(39)23-15-21(26-10-5-11-28(34)27(26)18-35)14-22(16-23)30-37-19-29(40-30)32(2,36)17-20-7-4-8-24(33)13-20/h1,4-5,7-8,10-11,13-16,19,25H,6,9,12,17,36H2,2H3/t25-,32?/m0/s1. The summed E-state index contributed by atoms with van der Waals surface area (Å²) in [6.07, 6.45) is 9.22. The summed E-state index contributed by atoms with van der Waals surface area (Å²) in [6.45, 7) is 2.37. The Morgan fingerprint density at radius 2 is 2.02 bits per heavy atom. The topological polar surface area (TPSA) is 96.2 Å². The van der Waals surface area contributed by atoms with Crippen molar-refractivity contribution in [3.63, 3.8) is 0 Å². The van der Waals surface area contributed by atoms with E-state index >= 15 is 0 Å². The van der Waals surface area contributed by atoms with Gasteiger partial charge in [0.05, 0.1) is 23.3 Å². The SMILES string of the molecule is C#C[C@H]1CCCN1C(=O)c1cc(-c2ncc(C(C)(N)Cc3cccc(Cl)c3)o2)cc(-c2cccc(F)c2C#N)c1. The van der Waals surface area contributed by atoms with E-state index in [1.807, 2.05) is 31.2 Å². The van der Waals surface area contributed by atoms with E-state index in [9.17, 15) is 14.4 Å². The van der Waals surface area contributed by atoms with Gasteiger partial charge in [-0.1, -0.05) is 41.8 Å². The second-order valence-electron chi connectivity index (χ2n) is 10.2. The highest BCUT2D eigenvalue weighted by Gasteiger charge is 2.30. The molecule has 5 rings (SSSR count). The van der Waals surface area contributed by atoms with Gasteiger partial charge in [0.2, 0.25) is 5.89 Å². The number of aromatic nitrogens is 1. The van der Waals surface area contributed by atoms with Crippen molar-refractivity contribution in [3.8, 4) is 41.0 Å². The van der Waals surface area contributed by atoms with E-state index in [-0.39, 0.29) is 23.4 Å². The van der Waals surface area contributed by atoms with Crippen LogP contribution >= 0.6 is 11.6 Å². The molecule has 1 fully saturated rings. The van der Waals surface area contributed by atoms with Gasteiger partial charge in [0.25, 0.3) is 5.91 Å². The Morgan fingerprint density at radius 3 is 2.77 bits per heavy atom. The first-order valence-corrected chi connectivity index (χ1v) is 13.2. The number of terminal acetylenes is 1. The summed E-state index contributed by atoms with van der Waals surface area (Å²) in [5.41, 5.74) is 8.20. The second kappa shape index (κ2) is 11.0. The zero-order valence-corrected chi connectivity index (χ0v) is 22.6. The molecule has 1 aromatic heterocycles. The van der Waals surface area contributed by atoms with E-state index in [1.165, 1.54) is 12.1 Å². The lowest BCUT2D eigenvalue weighted by Gasteiger charge is -2.22. The molecule has 1 unspecified atom stereocenters. The monoisotopic (exact) mass is 552 g/mol. The van der Waals surface area contributed by atoms with Crippen LogP contribution in [-0.4, -0.2) is 28.4 Å². The first-order valence-electron chi connectivity index (χ1n) is 12.8. The minimum absolute atomic E-state index is 0.120. The molecule has 2 heterocycles. The Labute approximate surface area is 237 Å². The molecule has 40 heavy (non-hydrogen) atoms. The summed E-state index contributed by atoms with van der Waals surface area (Å²) in [7, 11) is 0. The van der Waals surface area contributed by atoms with E-state index in [4.69, 9.17) is 28.2 Å². The molecule has 0 saturated carbocycles. The molecule has 2 N–H and O–H groups in total. The molecule has 0 bridgehead atoms. The van der Waals surface area contributed by atoms with Crippen molar-refractivity contribution in [2.45, 2.75) is 37.8 Å². The van der Waals surface area contributed by atoms with Crippen molar-refractivity contribution in [2.24, 2.45) is 5.73 Å². The Kier molecular flexibility index (Phi) is 7.45. The molecule has 1 saturated heterocycles. The predicted molar refractivity (Wildman–Crippen MR) is 152 cm³/mol. The summed E-state index contributed by atoms with van der Waals surface area (Å²) in [6, 6.07) is 18.5. The van der Waals surface area contributed by atoms with Crippen LogP contribution in [0.5, 0.6) is 0 Å². The fourth-order valence-electron chi connectivity index (χ4n) is 5.09. The number of oxazole rings is 1. The fourth-order valence-corrected chi connectivity index (χ4v) is 5.30. The number of nitrogens with zero attached hydrogens (tertiary/aromatic N) is 3. The summed E-state index contributed by atoms with van der Waals surface area (Å²) in [5, 5.41) is 10.3. The van der Waals surface area contributed by atoms with Crippen LogP contribution < -0.4 is 5.73 Å². The van der Waals surface area contributed by atoms with Crippen LogP contribution in [0.3, 0.4) is 0 Å². The molecule has 1 amide bonds. The lowest BCUT2D eigenvalue weighted by Crippen LogP contribution is -2.35. The highest BCUT2D eigenvalue weighted by atomic mass is 35.5. The number of halogens is 2. The number of likely N-dealkylation sites (tertiary alicyclic amines) is 1. The lowest BCUT2D eigenvalue weighted by molar-refractivity contribution is 0.0766. The van der Waals surface area contributed by atoms with E-state index in [1.54, 1.807) is 41.4 Å². The summed E-state index contributed by atoms with van der Waals surface area (Å²) >= 11 is 6.14. The smallest absolute Gasteiger partial charge is 0.254 e. The number of amides is 1. The Balaban J connectivity index is 1.58. The third-order valence-electron chi connectivity index (χ3n) is 7.10. The van der Waals surface area contributed by atoms with Gasteiger partial charge in [0.1, 0.15) is 17.6 Å². The van der Waals surface area contributed by atoms with Crippen molar-refractivity contribution < 1.29 is 13.6 Å². The van der Waals surface area contributed by atoms with Crippen molar-refractivity contribution in [1.29, 1.82) is 5.26 Å². The lowest BCUT2D eigenvalue weighted by atomic mass is 9.92. The van der Waals surface area contributed by atoms with E-state index in [0.29, 0.717) is 46.0 Å². The predicted octanol–water partition coefficient (Wildman–Crippen LogP) is 6.33. The van der Waals surface area contributed by atoms with Crippen LogP contribution in [0.1, 0.15) is 47.0 Å². The molecule has 0 radical (unpaired) electrons. The maximum atomic E-state index is 14.5. The second-order valence-corrected chi connectivity index (χ2v) is 10.6. The number of hydrogen-bond acceptors (Lipinski definition) is 5. The first-order chi connectivity index (χ1) is 19.2. The first kappa shape index (κ1) is 27.1. The summed E-state index contributed by atoms with van der Waals surface area (Å²) in [5.74, 6) is 2.46. The van der Waals surface area contributed by atoms with Gasteiger partial charge in [0, 0.05) is 28.3 Å². The van der Waals surface area contributed by atoms with Crippen molar-refractivity contribution >= 4 is 17.5 Å². The average Bonchev–Trinajstić information content (AvgIpc) is 3.63. The minimum Gasteiger partial charge on any atom is -0.439 e. The van der Waals surface area contributed by atoms with Crippen LogP contribution in [0.25, 0.3) is 22.6 Å². The van der Waals surface area contributed by atoms with Crippen LogP contribution in [0.2, 0.25) is 5.02 Å². The normalized spacial score (nSPS) is 16.2. The average molecular weight is 553 g/mol. The van der Waals surface area contributed by atoms with Gasteiger partial charge >= 0.3 is 0 Å². The molecule has 8 heteroatoms. The molecule has 4 aromatic rings. The van der Waals surface area contributed by atoms with Crippen molar-refractivity contribution in [3.05, 3.63) is 100 Å². The quantitative estimate of drug-likeness (QED) is 0.282. The molecule has 3 aromatic carbocycles. The van der Waals surface area contributed by atoms with Gasteiger partial charge in [-0.25, -0.2) is 9.37 Å². The number of benzene rings is 3. The highest BCUT2D eigenvalue weighted by molar-refractivity contribution is 6.30. The molecular formula is C32H26ClFN4O2. The van der Waals surface area contributed by atoms with Crippen molar-refractivity contribution in [2.75, 3.05) is 6.54 Å². The molecular weight excluding hydrogens is 527 g/mol. The maximum Gasteiger partial charge on any atom is 0.254 e. The van der Waals surface area contributed by atoms with E-state index in [0.717, 1.165) is 18.4 Å². The molecule has 1 aliphatic rings. The van der Waals surface area contributed by atoms with Crippen LogP contribution in [0, 0.1) is 29.5 Å². The maximum absolute atomic E-state index is 14.5. The van der Waals surface area contributed by atoms with Crippen LogP contribution in [0.15, 0.2) is 71.3 Å². The Bertz CT molecular complexity index is 1680. The molecule has 0 aliphatic carbocycles. The Hall–Kier alpha value is -4.43. The molecule has 200 valence electrons. The van der Waals surface area contributed by atoms with Crippen molar-refractivity contribution in [1.82, 2.24) is 9.88 Å². The third-order valence-corrected chi connectivity index (χ3v) is 7.33. The number of carbonyl (C=O) groups excluding carboxylic acids is 1. The fraction of sp³-hybridized carbons (Fsp3) is 0.219. The molecule has 2 atom stereocenters. The number of hydrogen-bond donors (Lipinski definition) is 1. The summed E-state index contributed by atoms with van der Waals surface area (Å²) in [4.78, 5) is 19.7. The molecule has 1 aliphatic heterocycles. The number of rotatable bonds is 6. The van der Waals surface area contributed by atoms with Gasteiger partial charge in [-0.15, -0.1) is 6.42 Å². The van der Waals surface area contributed by atoms with Gasteiger partial charge in [-0.2, -0.15) is 5.26 Å².